The molecule has 0 saturated heterocycles. The maximum atomic E-state index is 12.7. The smallest absolute Gasteiger partial charge is 0.357 e. The van der Waals surface area contributed by atoms with Crippen molar-refractivity contribution in [2.24, 2.45) is 0 Å². The van der Waals surface area contributed by atoms with Crippen molar-refractivity contribution < 1.29 is 14.7 Å². The predicted octanol–water partition coefficient (Wildman–Crippen LogP) is 3.19. The molecule has 0 aliphatic heterocycles. The predicted molar refractivity (Wildman–Crippen MR) is 93.5 cm³/mol. The summed E-state index contributed by atoms with van der Waals surface area (Å²) in [6, 6.07) is 11.6. The van der Waals surface area contributed by atoms with E-state index in [-0.39, 0.29) is 22.2 Å². The molecule has 1 heterocycles. The molecule has 2 aromatic carbocycles. The van der Waals surface area contributed by atoms with Crippen LogP contribution in [-0.4, -0.2) is 26.6 Å². The van der Waals surface area contributed by atoms with E-state index >= 15 is 0 Å². The van der Waals surface area contributed by atoms with Gasteiger partial charge in [-0.2, -0.15) is 5.10 Å². The van der Waals surface area contributed by atoms with E-state index < -0.39 is 17.6 Å². The van der Waals surface area contributed by atoms with Gasteiger partial charge in [0, 0.05) is 16.0 Å². The summed E-state index contributed by atoms with van der Waals surface area (Å²) in [4.78, 5) is 36.8. The molecule has 0 aliphatic rings. The number of aromatic carboxylic acids is 1. The van der Waals surface area contributed by atoms with Crippen molar-refractivity contribution in [3.8, 4) is 0 Å². The number of carbonyl (C=O) groups is 2. The maximum Gasteiger partial charge on any atom is 0.357 e. The Balaban J connectivity index is 2.16. The third kappa shape index (κ3) is 3.04. The van der Waals surface area contributed by atoms with Gasteiger partial charge in [0.25, 0.3) is 5.56 Å². The van der Waals surface area contributed by atoms with Gasteiger partial charge in [0.2, 0.25) is 0 Å². The summed E-state index contributed by atoms with van der Waals surface area (Å²) in [5.41, 5.74) is -0.433. The van der Waals surface area contributed by atoms with Crippen molar-refractivity contribution in [1.82, 2.24) is 9.78 Å². The number of rotatable bonds is 4. The van der Waals surface area contributed by atoms with E-state index in [2.05, 4.69) is 5.10 Å². The standard InChI is InChI=1S/C18H13ClN2O4/c1-10(16(22)11-6-8-12(19)9-7-11)21-17(23)14-5-3-2-4-13(14)15(20-21)18(24)25/h2-10H,1H3,(H,24,25). The molecule has 0 saturated carbocycles. The molecule has 6 nitrogen and oxygen atoms in total. The van der Waals surface area contributed by atoms with Crippen LogP contribution >= 0.6 is 11.6 Å². The number of Topliss-reactive ketones (excluding diaryl/α,β-unsaturated/α-hetero) is 1. The van der Waals surface area contributed by atoms with Crippen LogP contribution in [0.25, 0.3) is 10.8 Å². The number of carboxylic acids is 1. The van der Waals surface area contributed by atoms with Gasteiger partial charge in [0.05, 0.1) is 5.39 Å². The van der Waals surface area contributed by atoms with Crippen molar-refractivity contribution >= 4 is 34.1 Å². The van der Waals surface area contributed by atoms with Crippen molar-refractivity contribution in [1.29, 1.82) is 0 Å². The van der Waals surface area contributed by atoms with E-state index in [1.807, 2.05) is 0 Å². The van der Waals surface area contributed by atoms with Gasteiger partial charge < -0.3 is 5.11 Å². The molecule has 0 aliphatic carbocycles. The topological polar surface area (TPSA) is 89.3 Å². The van der Waals surface area contributed by atoms with Crippen LogP contribution in [-0.2, 0) is 0 Å². The van der Waals surface area contributed by atoms with Crippen molar-refractivity contribution in [2.75, 3.05) is 0 Å². The first-order valence-electron chi connectivity index (χ1n) is 7.45. The van der Waals surface area contributed by atoms with Crippen LogP contribution < -0.4 is 5.56 Å². The number of benzene rings is 2. The van der Waals surface area contributed by atoms with Gasteiger partial charge in [-0.05, 0) is 37.3 Å². The number of aromatic nitrogens is 2. The summed E-state index contributed by atoms with van der Waals surface area (Å²) in [6.45, 7) is 1.51. The van der Waals surface area contributed by atoms with Gasteiger partial charge in [-0.1, -0.05) is 29.8 Å². The van der Waals surface area contributed by atoms with Crippen LogP contribution in [0.3, 0.4) is 0 Å². The third-order valence-corrected chi connectivity index (χ3v) is 4.16. The first-order valence-corrected chi connectivity index (χ1v) is 7.82. The second kappa shape index (κ2) is 6.49. The number of hydrogen-bond donors (Lipinski definition) is 1. The number of carbonyl (C=O) groups excluding carboxylic acids is 1. The second-order valence-electron chi connectivity index (χ2n) is 5.50. The van der Waals surface area contributed by atoms with E-state index in [0.29, 0.717) is 10.6 Å². The minimum Gasteiger partial charge on any atom is -0.476 e. The molecular formula is C18H13ClN2O4. The Hall–Kier alpha value is -2.99. The van der Waals surface area contributed by atoms with Gasteiger partial charge >= 0.3 is 5.97 Å². The molecule has 25 heavy (non-hydrogen) atoms. The number of halogens is 1. The number of nitrogens with zero attached hydrogens (tertiary/aromatic N) is 2. The summed E-state index contributed by atoms with van der Waals surface area (Å²) in [5.74, 6) is -1.63. The van der Waals surface area contributed by atoms with Gasteiger partial charge in [-0.25, -0.2) is 9.48 Å². The summed E-state index contributed by atoms with van der Waals surface area (Å²) >= 11 is 5.82. The summed E-state index contributed by atoms with van der Waals surface area (Å²) in [5, 5.41) is 14.2. The highest BCUT2D eigenvalue weighted by atomic mass is 35.5. The van der Waals surface area contributed by atoms with Crippen molar-refractivity contribution in [3.05, 3.63) is 75.2 Å². The zero-order valence-corrected chi connectivity index (χ0v) is 13.9. The average molecular weight is 357 g/mol. The van der Waals surface area contributed by atoms with E-state index in [9.17, 15) is 19.5 Å². The molecule has 0 radical (unpaired) electrons. The average Bonchev–Trinajstić information content (AvgIpc) is 2.61. The van der Waals surface area contributed by atoms with Gasteiger partial charge in [-0.15, -0.1) is 0 Å². The molecule has 0 bridgehead atoms. The van der Waals surface area contributed by atoms with Gasteiger partial charge in [0.1, 0.15) is 6.04 Å². The Kier molecular flexibility index (Phi) is 4.37. The van der Waals surface area contributed by atoms with Crippen LogP contribution in [0.2, 0.25) is 5.02 Å². The van der Waals surface area contributed by atoms with Crippen LogP contribution in [0.15, 0.2) is 53.3 Å². The molecule has 3 rings (SSSR count). The fourth-order valence-corrected chi connectivity index (χ4v) is 2.72. The lowest BCUT2D eigenvalue weighted by atomic mass is 10.1. The molecule has 7 heteroatoms. The van der Waals surface area contributed by atoms with Gasteiger partial charge in [0.15, 0.2) is 11.5 Å². The molecule has 1 aromatic heterocycles. The monoisotopic (exact) mass is 356 g/mol. The van der Waals surface area contributed by atoms with Crippen LogP contribution in [0.5, 0.6) is 0 Å². The summed E-state index contributed by atoms with van der Waals surface area (Å²) in [7, 11) is 0. The molecule has 0 amide bonds. The first-order chi connectivity index (χ1) is 11.9. The number of hydrogen-bond acceptors (Lipinski definition) is 4. The minimum absolute atomic E-state index is 0.200. The van der Waals surface area contributed by atoms with Crippen molar-refractivity contribution in [2.45, 2.75) is 13.0 Å². The Morgan fingerprint density at radius 2 is 1.68 bits per heavy atom. The SMILES string of the molecule is CC(C(=O)c1ccc(Cl)cc1)n1nc(C(=O)O)c2ccccc2c1=O. The highest BCUT2D eigenvalue weighted by Gasteiger charge is 2.23. The third-order valence-electron chi connectivity index (χ3n) is 3.91. The molecule has 0 spiro atoms. The van der Waals surface area contributed by atoms with E-state index in [0.717, 1.165) is 4.68 Å². The number of ketones is 1. The molecule has 0 fully saturated rings. The van der Waals surface area contributed by atoms with Gasteiger partial charge in [-0.3, -0.25) is 9.59 Å². The largest absolute Gasteiger partial charge is 0.476 e. The Bertz CT molecular complexity index is 1040. The van der Waals surface area contributed by atoms with Crippen LogP contribution in [0.1, 0.15) is 33.8 Å². The molecule has 1 unspecified atom stereocenters. The Morgan fingerprint density at radius 3 is 2.28 bits per heavy atom. The van der Waals surface area contributed by atoms with E-state index in [4.69, 9.17) is 11.6 Å². The second-order valence-corrected chi connectivity index (χ2v) is 5.93. The summed E-state index contributed by atoms with van der Waals surface area (Å²) < 4.78 is 0.919. The summed E-state index contributed by atoms with van der Waals surface area (Å²) in [6.07, 6.45) is 0. The molecule has 3 aromatic rings. The normalized spacial score (nSPS) is 12.1. The number of carboxylic acid groups (broad SMARTS) is 1. The first kappa shape index (κ1) is 16.9. The molecular weight excluding hydrogens is 344 g/mol. The lowest BCUT2D eigenvalue weighted by molar-refractivity contribution is 0.0687. The zero-order valence-electron chi connectivity index (χ0n) is 13.1. The maximum absolute atomic E-state index is 12.7. The molecule has 1 atom stereocenters. The van der Waals surface area contributed by atoms with E-state index in [1.165, 1.54) is 19.1 Å². The lowest BCUT2D eigenvalue weighted by Crippen LogP contribution is -2.32. The Labute approximate surface area is 147 Å². The molecule has 1 N–H and O–H groups in total. The Morgan fingerprint density at radius 1 is 1.08 bits per heavy atom. The van der Waals surface area contributed by atoms with E-state index in [1.54, 1.807) is 36.4 Å². The highest BCUT2D eigenvalue weighted by Crippen LogP contribution is 2.18. The van der Waals surface area contributed by atoms with Crippen LogP contribution in [0.4, 0.5) is 0 Å². The lowest BCUT2D eigenvalue weighted by Gasteiger charge is -2.15. The minimum atomic E-state index is -1.27. The quantitative estimate of drug-likeness (QED) is 0.725. The number of fused-ring (bicyclic) bond motifs is 1. The van der Waals surface area contributed by atoms with Crippen LogP contribution in [0, 0.1) is 0 Å². The highest BCUT2D eigenvalue weighted by molar-refractivity contribution is 6.30. The van der Waals surface area contributed by atoms with Crippen molar-refractivity contribution in [3.63, 3.8) is 0 Å². The fraction of sp³-hybridized carbons (Fsp3) is 0.111. The fourth-order valence-electron chi connectivity index (χ4n) is 2.59. The molecule has 126 valence electrons. The zero-order chi connectivity index (χ0) is 18.1.